The van der Waals surface area contributed by atoms with Crippen molar-refractivity contribution in [3.63, 3.8) is 0 Å². The molecule has 12 heavy (non-hydrogen) atoms. The van der Waals surface area contributed by atoms with E-state index < -0.39 is 0 Å². The fraction of sp³-hybridized carbons (Fsp3) is 0. The third-order valence-corrected chi connectivity index (χ3v) is 1.59. The molecule has 0 aliphatic carbocycles. The van der Waals surface area contributed by atoms with Crippen molar-refractivity contribution >= 4 is 0 Å². The van der Waals surface area contributed by atoms with Crippen molar-refractivity contribution in [3.05, 3.63) is 36.8 Å². The summed E-state index contributed by atoms with van der Waals surface area (Å²) in [5.74, 6) is 0.246. The topological polar surface area (TPSA) is 48.9 Å². The summed E-state index contributed by atoms with van der Waals surface area (Å²) in [5, 5.41) is 9.16. The predicted molar refractivity (Wildman–Crippen MR) is 44.5 cm³/mol. The SMILES string of the molecule is Oc1cccc(-c2c[nH][c]n2)c1. The minimum Gasteiger partial charge on any atom is -0.508 e. The second kappa shape index (κ2) is 2.70. The highest BCUT2D eigenvalue weighted by atomic mass is 16.3. The summed E-state index contributed by atoms with van der Waals surface area (Å²) in [6.07, 6.45) is 4.32. The zero-order chi connectivity index (χ0) is 8.39. The van der Waals surface area contributed by atoms with Crippen LogP contribution < -0.4 is 0 Å². The standard InChI is InChI=1S/C9H7N2O/c12-8-3-1-2-7(4-8)9-5-10-6-11-9/h1-5,12H,(H,10,11). The normalized spacial score (nSPS) is 10.0. The Labute approximate surface area is 69.7 Å². The first-order valence-electron chi connectivity index (χ1n) is 3.57. The Kier molecular flexibility index (Phi) is 1.55. The molecule has 59 valence electrons. The summed E-state index contributed by atoms with van der Waals surface area (Å²) < 4.78 is 0. The van der Waals surface area contributed by atoms with Gasteiger partial charge >= 0.3 is 0 Å². The van der Waals surface area contributed by atoms with Gasteiger partial charge in [-0.3, -0.25) is 0 Å². The van der Waals surface area contributed by atoms with Crippen LogP contribution in [0.5, 0.6) is 5.75 Å². The smallest absolute Gasteiger partial charge is 0.174 e. The van der Waals surface area contributed by atoms with Gasteiger partial charge in [-0.1, -0.05) is 12.1 Å². The molecule has 0 bridgehead atoms. The van der Waals surface area contributed by atoms with Crippen molar-refractivity contribution in [2.75, 3.05) is 0 Å². The number of nitrogens with one attached hydrogen (secondary N) is 1. The van der Waals surface area contributed by atoms with Crippen LogP contribution in [0.4, 0.5) is 0 Å². The van der Waals surface area contributed by atoms with Gasteiger partial charge < -0.3 is 10.1 Å². The predicted octanol–water partition coefficient (Wildman–Crippen LogP) is 1.58. The molecule has 0 atom stereocenters. The van der Waals surface area contributed by atoms with E-state index in [1.165, 1.54) is 0 Å². The molecule has 1 aromatic heterocycles. The fourth-order valence-corrected chi connectivity index (χ4v) is 1.04. The van der Waals surface area contributed by atoms with Crippen LogP contribution in [0.1, 0.15) is 0 Å². The first-order valence-corrected chi connectivity index (χ1v) is 3.57. The lowest BCUT2D eigenvalue weighted by molar-refractivity contribution is 0.475. The van der Waals surface area contributed by atoms with Crippen LogP contribution >= 0.6 is 0 Å². The van der Waals surface area contributed by atoms with Crippen molar-refractivity contribution in [1.82, 2.24) is 9.97 Å². The third-order valence-electron chi connectivity index (χ3n) is 1.59. The van der Waals surface area contributed by atoms with Gasteiger partial charge in [0.2, 0.25) is 0 Å². The third kappa shape index (κ3) is 1.16. The second-order valence-electron chi connectivity index (χ2n) is 2.45. The first-order chi connectivity index (χ1) is 5.86. The minimum absolute atomic E-state index is 0.246. The zero-order valence-electron chi connectivity index (χ0n) is 6.28. The van der Waals surface area contributed by atoms with E-state index in [0.29, 0.717) is 0 Å². The Morgan fingerprint density at radius 3 is 3.00 bits per heavy atom. The van der Waals surface area contributed by atoms with Gasteiger partial charge in [-0.2, -0.15) is 0 Å². The zero-order valence-corrected chi connectivity index (χ0v) is 6.28. The molecule has 1 radical (unpaired) electrons. The number of H-pyrrole nitrogens is 1. The summed E-state index contributed by atoms with van der Waals surface area (Å²) in [6, 6.07) is 6.94. The molecule has 0 saturated heterocycles. The maximum absolute atomic E-state index is 9.16. The molecular weight excluding hydrogens is 152 g/mol. The van der Waals surface area contributed by atoms with Gasteiger partial charge in [0.05, 0.1) is 5.69 Å². The van der Waals surface area contributed by atoms with Crippen LogP contribution in [-0.2, 0) is 0 Å². The molecule has 0 saturated carbocycles. The summed E-state index contributed by atoms with van der Waals surface area (Å²) in [4.78, 5) is 6.67. The van der Waals surface area contributed by atoms with E-state index in [1.54, 1.807) is 24.4 Å². The van der Waals surface area contributed by atoms with Gasteiger partial charge in [-0.15, -0.1) is 0 Å². The van der Waals surface area contributed by atoms with E-state index in [4.69, 9.17) is 5.11 Å². The van der Waals surface area contributed by atoms with Gasteiger partial charge in [0, 0.05) is 11.8 Å². The number of aromatic hydroxyl groups is 1. The van der Waals surface area contributed by atoms with Crippen molar-refractivity contribution in [2.45, 2.75) is 0 Å². The van der Waals surface area contributed by atoms with E-state index >= 15 is 0 Å². The van der Waals surface area contributed by atoms with Crippen LogP contribution in [0.3, 0.4) is 0 Å². The molecule has 3 nitrogen and oxygen atoms in total. The second-order valence-corrected chi connectivity index (χ2v) is 2.45. The van der Waals surface area contributed by atoms with E-state index in [2.05, 4.69) is 16.3 Å². The number of aromatic amines is 1. The van der Waals surface area contributed by atoms with Crippen molar-refractivity contribution in [1.29, 1.82) is 0 Å². The number of imidazole rings is 1. The summed E-state index contributed by atoms with van der Waals surface area (Å²) in [7, 11) is 0. The van der Waals surface area contributed by atoms with E-state index in [0.717, 1.165) is 11.3 Å². The lowest BCUT2D eigenvalue weighted by Gasteiger charge is -1.95. The van der Waals surface area contributed by atoms with Gasteiger partial charge in [0.1, 0.15) is 5.75 Å². The van der Waals surface area contributed by atoms with Crippen molar-refractivity contribution in [2.24, 2.45) is 0 Å². The molecule has 0 amide bonds. The van der Waals surface area contributed by atoms with E-state index in [9.17, 15) is 0 Å². The monoisotopic (exact) mass is 159 g/mol. The number of phenols is 1. The van der Waals surface area contributed by atoms with Gasteiger partial charge in [-0.25, -0.2) is 4.98 Å². The van der Waals surface area contributed by atoms with Crippen LogP contribution in [0.25, 0.3) is 11.3 Å². The molecule has 2 rings (SSSR count). The first kappa shape index (κ1) is 6.91. The summed E-state index contributed by atoms with van der Waals surface area (Å²) in [6.45, 7) is 0. The highest BCUT2D eigenvalue weighted by Crippen LogP contribution is 2.19. The maximum Gasteiger partial charge on any atom is 0.174 e. The number of aromatic nitrogens is 2. The van der Waals surface area contributed by atoms with Crippen molar-refractivity contribution < 1.29 is 5.11 Å². The Morgan fingerprint density at radius 2 is 2.33 bits per heavy atom. The highest BCUT2D eigenvalue weighted by Gasteiger charge is 1.98. The van der Waals surface area contributed by atoms with E-state index in [1.807, 2.05) is 6.07 Å². The highest BCUT2D eigenvalue weighted by molar-refractivity contribution is 5.59. The Morgan fingerprint density at radius 1 is 1.42 bits per heavy atom. The number of hydrogen-bond donors (Lipinski definition) is 2. The Hall–Kier alpha value is -1.77. The Balaban J connectivity index is 2.48. The largest absolute Gasteiger partial charge is 0.508 e. The van der Waals surface area contributed by atoms with Gasteiger partial charge in [0.15, 0.2) is 6.33 Å². The molecular formula is C9H7N2O. The maximum atomic E-state index is 9.16. The molecule has 0 unspecified atom stereocenters. The number of hydrogen-bond acceptors (Lipinski definition) is 2. The average molecular weight is 159 g/mol. The lowest BCUT2D eigenvalue weighted by Crippen LogP contribution is -1.75. The average Bonchev–Trinajstić information content (AvgIpc) is 2.56. The number of phenolic OH excluding ortho intramolecular Hbond substituents is 1. The quantitative estimate of drug-likeness (QED) is 0.663. The molecule has 3 heteroatoms. The minimum atomic E-state index is 0.246. The van der Waals surface area contributed by atoms with E-state index in [-0.39, 0.29) is 5.75 Å². The Bertz CT molecular complexity index is 368. The summed E-state index contributed by atoms with van der Waals surface area (Å²) >= 11 is 0. The number of benzene rings is 1. The lowest BCUT2D eigenvalue weighted by atomic mass is 10.2. The molecule has 0 fully saturated rings. The molecule has 2 aromatic rings. The van der Waals surface area contributed by atoms with Gasteiger partial charge in [-0.05, 0) is 12.1 Å². The van der Waals surface area contributed by atoms with Crippen LogP contribution in [0.2, 0.25) is 0 Å². The van der Waals surface area contributed by atoms with Crippen LogP contribution in [0, 0.1) is 6.33 Å². The summed E-state index contributed by atoms with van der Waals surface area (Å²) in [5.41, 5.74) is 1.67. The molecule has 1 heterocycles. The molecule has 1 aromatic carbocycles. The van der Waals surface area contributed by atoms with Crippen molar-refractivity contribution in [3.8, 4) is 17.0 Å². The molecule has 2 N–H and O–H groups in total. The van der Waals surface area contributed by atoms with Crippen LogP contribution in [0.15, 0.2) is 30.5 Å². The number of rotatable bonds is 1. The van der Waals surface area contributed by atoms with Gasteiger partial charge in [0.25, 0.3) is 0 Å². The molecule has 0 aliphatic rings. The molecule has 0 spiro atoms. The molecule has 0 aliphatic heterocycles. The number of nitrogens with zero attached hydrogens (tertiary/aromatic N) is 1. The fourth-order valence-electron chi connectivity index (χ4n) is 1.04. The van der Waals surface area contributed by atoms with Crippen LogP contribution in [-0.4, -0.2) is 15.1 Å².